The molecular weight excluding hydrogens is 400 g/mol. The van der Waals surface area contributed by atoms with E-state index in [0.717, 1.165) is 23.6 Å². The summed E-state index contributed by atoms with van der Waals surface area (Å²) in [5.41, 5.74) is 2.43. The van der Waals surface area contributed by atoms with Gasteiger partial charge in [0.05, 0.1) is 0 Å². The molecule has 5 rings (SSSR count). The highest BCUT2D eigenvalue weighted by molar-refractivity contribution is 6.25. The van der Waals surface area contributed by atoms with Crippen LogP contribution < -0.4 is 5.32 Å². The fourth-order valence-electron chi connectivity index (χ4n) is 5.00. The van der Waals surface area contributed by atoms with Crippen molar-refractivity contribution in [3.05, 3.63) is 83.4 Å². The van der Waals surface area contributed by atoms with Crippen molar-refractivity contribution in [2.45, 2.75) is 37.5 Å². The molecule has 0 bridgehead atoms. The maximum absolute atomic E-state index is 13.0. The smallest absolute Gasteiger partial charge is 0.261 e. The van der Waals surface area contributed by atoms with Crippen LogP contribution >= 0.6 is 0 Å². The zero-order valence-corrected chi connectivity index (χ0v) is 18.0. The molecule has 3 aromatic carbocycles. The van der Waals surface area contributed by atoms with Crippen molar-refractivity contribution in [1.29, 1.82) is 0 Å². The molecule has 5 heteroatoms. The number of hydrogen-bond donors (Lipinski definition) is 1. The van der Waals surface area contributed by atoms with Crippen molar-refractivity contribution in [2.24, 2.45) is 0 Å². The van der Waals surface area contributed by atoms with Gasteiger partial charge in [-0.25, -0.2) is 0 Å². The first-order valence-corrected chi connectivity index (χ1v) is 11.3. The monoisotopic (exact) mass is 426 g/mol. The predicted molar refractivity (Wildman–Crippen MR) is 124 cm³/mol. The lowest BCUT2D eigenvalue weighted by molar-refractivity contribution is -0.121. The van der Waals surface area contributed by atoms with Gasteiger partial charge in [-0.2, -0.15) is 0 Å². The molecule has 3 amide bonds. The fraction of sp³-hybridized carbons (Fsp3) is 0.296. The molecule has 0 unspecified atom stereocenters. The van der Waals surface area contributed by atoms with E-state index >= 15 is 0 Å². The molecule has 0 atom stereocenters. The van der Waals surface area contributed by atoms with Crippen LogP contribution in [0, 0.1) is 0 Å². The number of imide groups is 1. The minimum atomic E-state index is -0.280. The van der Waals surface area contributed by atoms with E-state index in [4.69, 9.17) is 0 Å². The second-order valence-electron chi connectivity index (χ2n) is 8.85. The number of benzene rings is 3. The minimum Gasteiger partial charge on any atom is -0.355 e. The minimum absolute atomic E-state index is 0.0355. The zero-order valence-electron chi connectivity index (χ0n) is 18.0. The van der Waals surface area contributed by atoms with Crippen molar-refractivity contribution in [3.8, 4) is 0 Å². The first kappa shape index (κ1) is 20.4. The predicted octanol–water partition coefficient (Wildman–Crippen LogP) is 4.45. The lowest BCUT2D eigenvalue weighted by atomic mass is 9.64. The Bertz CT molecular complexity index is 1150. The molecule has 0 radical (unpaired) electrons. The topological polar surface area (TPSA) is 66.5 Å². The van der Waals surface area contributed by atoms with E-state index in [2.05, 4.69) is 17.4 Å². The van der Waals surface area contributed by atoms with E-state index in [-0.39, 0.29) is 36.1 Å². The molecular formula is C27H26N2O3. The van der Waals surface area contributed by atoms with Gasteiger partial charge < -0.3 is 5.32 Å². The first-order chi connectivity index (χ1) is 15.6. The SMILES string of the molecule is O=C(CCCN1C(=O)c2cccc3cccc(c23)C1=O)NCC1(c2ccccc2)CCC1. The Hall–Kier alpha value is -3.47. The lowest BCUT2D eigenvalue weighted by Crippen LogP contribution is -2.45. The standard InChI is InChI=1S/C27H26N2O3/c30-23(28-18-27(15-7-16-27)20-10-2-1-3-11-20)14-6-17-29-25(31)21-12-4-8-19-9-5-13-22(24(19)21)26(29)32/h1-5,8-13H,6-7,14-18H2,(H,28,30). The average molecular weight is 427 g/mol. The molecule has 5 nitrogen and oxygen atoms in total. The molecule has 162 valence electrons. The number of carbonyl (C=O) groups excluding carboxylic acids is 3. The van der Waals surface area contributed by atoms with Crippen LogP contribution in [0.15, 0.2) is 66.7 Å². The summed E-state index contributed by atoms with van der Waals surface area (Å²) in [5, 5.41) is 4.71. The van der Waals surface area contributed by atoms with E-state index < -0.39 is 0 Å². The maximum Gasteiger partial charge on any atom is 0.261 e. The first-order valence-electron chi connectivity index (χ1n) is 11.3. The summed E-state index contributed by atoms with van der Waals surface area (Å²) < 4.78 is 0. The molecule has 1 aliphatic heterocycles. The highest BCUT2D eigenvalue weighted by Gasteiger charge is 2.38. The zero-order chi connectivity index (χ0) is 22.1. The van der Waals surface area contributed by atoms with Crippen molar-refractivity contribution in [1.82, 2.24) is 10.2 Å². The average Bonchev–Trinajstić information content (AvgIpc) is 2.79. The number of rotatable bonds is 7. The molecule has 1 N–H and O–H groups in total. The lowest BCUT2D eigenvalue weighted by Gasteiger charge is -2.42. The Morgan fingerprint density at radius 1 is 0.875 bits per heavy atom. The van der Waals surface area contributed by atoms with Gasteiger partial charge in [-0.05, 0) is 42.3 Å². The third kappa shape index (κ3) is 3.48. The molecule has 1 heterocycles. The van der Waals surface area contributed by atoms with E-state index in [1.165, 1.54) is 16.9 Å². The Balaban J connectivity index is 1.19. The summed E-state index contributed by atoms with van der Waals surface area (Å²) in [7, 11) is 0. The molecule has 0 aromatic heterocycles. The normalized spacial score (nSPS) is 16.7. The quantitative estimate of drug-likeness (QED) is 0.568. The van der Waals surface area contributed by atoms with E-state index in [1.54, 1.807) is 12.1 Å². The third-order valence-electron chi connectivity index (χ3n) is 6.96. The van der Waals surface area contributed by atoms with Crippen molar-refractivity contribution >= 4 is 28.5 Å². The van der Waals surface area contributed by atoms with Crippen molar-refractivity contribution in [3.63, 3.8) is 0 Å². The number of hydrogen-bond acceptors (Lipinski definition) is 3. The van der Waals surface area contributed by atoms with Crippen LogP contribution in [-0.2, 0) is 10.2 Å². The van der Waals surface area contributed by atoms with Gasteiger partial charge in [0.1, 0.15) is 0 Å². The van der Waals surface area contributed by atoms with Gasteiger partial charge in [0, 0.05) is 41.4 Å². The summed E-state index contributed by atoms with van der Waals surface area (Å²) in [6, 6.07) is 21.4. The summed E-state index contributed by atoms with van der Waals surface area (Å²) in [6.45, 7) is 0.867. The van der Waals surface area contributed by atoms with Gasteiger partial charge in [-0.3, -0.25) is 19.3 Å². The van der Waals surface area contributed by atoms with Crippen LogP contribution in [-0.4, -0.2) is 35.7 Å². The van der Waals surface area contributed by atoms with Crippen LogP contribution in [0.3, 0.4) is 0 Å². The van der Waals surface area contributed by atoms with Crippen LogP contribution in [0.4, 0.5) is 0 Å². The van der Waals surface area contributed by atoms with E-state index in [1.807, 2.05) is 42.5 Å². The number of amides is 3. The largest absolute Gasteiger partial charge is 0.355 e. The molecule has 3 aromatic rings. The summed E-state index contributed by atoms with van der Waals surface area (Å²) in [6.07, 6.45) is 4.07. The summed E-state index contributed by atoms with van der Waals surface area (Å²) >= 11 is 0. The maximum atomic E-state index is 13.0. The number of nitrogens with one attached hydrogen (secondary N) is 1. The number of nitrogens with zero attached hydrogens (tertiary/aromatic N) is 1. The molecule has 0 saturated heterocycles. The molecule has 1 saturated carbocycles. The Morgan fingerprint density at radius 3 is 2.12 bits per heavy atom. The highest BCUT2D eigenvalue weighted by atomic mass is 16.2. The van der Waals surface area contributed by atoms with Crippen molar-refractivity contribution in [2.75, 3.05) is 13.1 Å². The van der Waals surface area contributed by atoms with Gasteiger partial charge in [-0.1, -0.05) is 61.0 Å². The Kier molecular flexibility index (Phi) is 5.25. The molecule has 2 aliphatic rings. The number of carbonyl (C=O) groups is 3. The van der Waals surface area contributed by atoms with Crippen LogP contribution in [0.2, 0.25) is 0 Å². The van der Waals surface area contributed by atoms with Crippen molar-refractivity contribution < 1.29 is 14.4 Å². The van der Waals surface area contributed by atoms with Crippen LogP contribution in [0.25, 0.3) is 10.8 Å². The van der Waals surface area contributed by atoms with Crippen LogP contribution in [0.1, 0.15) is 58.4 Å². The molecule has 0 spiro atoms. The summed E-state index contributed by atoms with van der Waals surface area (Å²) in [5.74, 6) is -0.596. The second kappa shape index (κ2) is 8.23. The molecule has 1 aliphatic carbocycles. The third-order valence-corrected chi connectivity index (χ3v) is 6.96. The molecule has 1 fully saturated rings. The Morgan fingerprint density at radius 2 is 1.53 bits per heavy atom. The second-order valence-corrected chi connectivity index (χ2v) is 8.85. The van der Waals surface area contributed by atoms with Gasteiger partial charge in [0.2, 0.25) is 5.91 Å². The Labute approximate surface area is 187 Å². The fourth-order valence-corrected chi connectivity index (χ4v) is 5.00. The van der Waals surface area contributed by atoms with E-state index in [0.29, 0.717) is 24.1 Å². The van der Waals surface area contributed by atoms with Gasteiger partial charge in [0.15, 0.2) is 0 Å². The van der Waals surface area contributed by atoms with Crippen LogP contribution in [0.5, 0.6) is 0 Å². The van der Waals surface area contributed by atoms with Gasteiger partial charge in [0.25, 0.3) is 11.8 Å². The van der Waals surface area contributed by atoms with Gasteiger partial charge >= 0.3 is 0 Å². The summed E-state index contributed by atoms with van der Waals surface area (Å²) in [4.78, 5) is 39.7. The van der Waals surface area contributed by atoms with E-state index in [9.17, 15) is 14.4 Å². The highest BCUT2D eigenvalue weighted by Crippen LogP contribution is 2.43. The molecule has 32 heavy (non-hydrogen) atoms. The van der Waals surface area contributed by atoms with Gasteiger partial charge in [-0.15, -0.1) is 0 Å².